The molecule has 2 aromatic rings. The summed E-state index contributed by atoms with van der Waals surface area (Å²) in [6.07, 6.45) is 0.835. The zero-order valence-electron chi connectivity index (χ0n) is 14.7. The van der Waals surface area contributed by atoms with Gasteiger partial charge < -0.3 is 10.1 Å². The Hall–Kier alpha value is -1.16. The maximum atomic E-state index is 12.6. The van der Waals surface area contributed by atoms with Crippen LogP contribution in [0.2, 0.25) is 15.2 Å². The number of ketones is 1. The molecule has 136 valence electrons. The van der Waals surface area contributed by atoms with Crippen LogP contribution >= 0.6 is 34.8 Å². The van der Waals surface area contributed by atoms with Crippen LogP contribution in [0.1, 0.15) is 73.1 Å². The molecule has 0 radical (unpaired) electrons. The van der Waals surface area contributed by atoms with Gasteiger partial charge in [-0.15, -0.1) is 0 Å². The van der Waals surface area contributed by atoms with Crippen molar-refractivity contribution in [2.24, 2.45) is 0 Å². The molecule has 1 heterocycles. The highest BCUT2D eigenvalue weighted by atomic mass is 35.5. The number of phenols is 1. The molecule has 1 aromatic carbocycles. The van der Waals surface area contributed by atoms with E-state index in [4.69, 9.17) is 34.8 Å². The van der Waals surface area contributed by atoms with Crippen LogP contribution in [-0.2, 0) is 6.42 Å². The first kappa shape index (κ1) is 20.2. The van der Waals surface area contributed by atoms with Crippen LogP contribution in [0.15, 0.2) is 12.1 Å². The van der Waals surface area contributed by atoms with Crippen LogP contribution in [0.5, 0.6) is 5.75 Å². The molecular formula is C19H22Cl3NO2. The number of halogens is 3. The Morgan fingerprint density at radius 1 is 1.04 bits per heavy atom. The number of hydrogen-bond acceptors (Lipinski definition) is 2. The van der Waals surface area contributed by atoms with Gasteiger partial charge in [-0.3, -0.25) is 4.79 Å². The van der Waals surface area contributed by atoms with Crippen molar-refractivity contribution in [3.8, 4) is 5.75 Å². The van der Waals surface area contributed by atoms with Crippen molar-refractivity contribution < 1.29 is 9.90 Å². The number of Topliss-reactive ketones (excluding diaryl/α,β-unsaturated/α-hetero) is 1. The van der Waals surface area contributed by atoms with Gasteiger partial charge in [0.05, 0.1) is 10.0 Å². The number of benzene rings is 1. The Bertz CT molecular complexity index is 765. The third-order valence-corrected chi connectivity index (χ3v) is 5.50. The molecule has 0 aliphatic heterocycles. The largest absolute Gasteiger partial charge is 0.508 e. The molecule has 25 heavy (non-hydrogen) atoms. The van der Waals surface area contributed by atoms with Crippen LogP contribution in [0.25, 0.3) is 0 Å². The molecule has 0 saturated heterocycles. The average molecular weight is 403 g/mol. The van der Waals surface area contributed by atoms with E-state index >= 15 is 0 Å². The number of rotatable bonds is 6. The van der Waals surface area contributed by atoms with E-state index in [9.17, 15) is 9.90 Å². The normalized spacial score (nSPS) is 11.6. The van der Waals surface area contributed by atoms with Gasteiger partial charge in [-0.2, -0.15) is 0 Å². The molecule has 3 nitrogen and oxygen atoms in total. The molecule has 0 bridgehead atoms. The molecule has 6 heteroatoms. The summed E-state index contributed by atoms with van der Waals surface area (Å²) in [5.74, 6) is 0.602. The van der Waals surface area contributed by atoms with E-state index in [1.807, 2.05) is 0 Å². The molecule has 0 aliphatic carbocycles. The van der Waals surface area contributed by atoms with Crippen molar-refractivity contribution in [2.75, 3.05) is 0 Å². The van der Waals surface area contributed by atoms with Gasteiger partial charge >= 0.3 is 0 Å². The number of hydrogen-bond donors (Lipinski definition) is 2. The molecular weight excluding hydrogens is 381 g/mol. The van der Waals surface area contributed by atoms with Gasteiger partial charge in [0.2, 0.25) is 0 Å². The second kappa shape index (κ2) is 8.03. The van der Waals surface area contributed by atoms with Crippen molar-refractivity contribution in [2.45, 2.75) is 52.4 Å². The predicted molar refractivity (Wildman–Crippen MR) is 105 cm³/mol. The number of phenolic OH excluding ortho intramolecular Hbond substituents is 1. The van der Waals surface area contributed by atoms with Crippen molar-refractivity contribution in [3.63, 3.8) is 0 Å². The summed E-state index contributed by atoms with van der Waals surface area (Å²) in [5, 5.41) is 10.5. The molecule has 0 saturated carbocycles. The van der Waals surface area contributed by atoms with E-state index in [1.165, 1.54) is 0 Å². The maximum Gasteiger partial charge on any atom is 0.180 e. The minimum absolute atomic E-state index is 0.142. The lowest BCUT2D eigenvalue weighted by atomic mass is 9.85. The standard InChI is InChI=1S/C19H22Cl3NO2/c1-9(2)13-7-11(24)8-14(10(3)4)12(13)5-6-15(25)18-16(20)17(21)19(22)23-18/h7-10,23-24H,5-6H2,1-4H3. The van der Waals surface area contributed by atoms with Crippen LogP contribution < -0.4 is 0 Å². The first-order chi connectivity index (χ1) is 11.6. The second-order valence-electron chi connectivity index (χ2n) is 6.78. The smallest absolute Gasteiger partial charge is 0.180 e. The van der Waals surface area contributed by atoms with Crippen LogP contribution in [0.4, 0.5) is 0 Å². The van der Waals surface area contributed by atoms with Crippen molar-refractivity contribution in [3.05, 3.63) is 49.7 Å². The fourth-order valence-electron chi connectivity index (χ4n) is 3.00. The van der Waals surface area contributed by atoms with Gasteiger partial charge in [-0.1, -0.05) is 62.5 Å². The van der Waals surface area contributed by atoms with E-state index in [0.717, 1.165) is 16.7 Å². The molecule has 1 aromatic heterocycles. The van der Waals surface area contributed by atoms with Gasteiger partial charge in [0.15, 0.2) is 5.78 Å². The fourth-order valence-corrected chi connectivity index (χ4v) is 3.63. The van der Waals surface area contributed by atoms with E-state index in [2.05, 4.69) is 32.7 Å². The maximum absolute atomic E-state index is 12.6. The average Bonchev–Trinajstić information content (AvgIpc) is 2.80. The summed E-state index contributed by atoms with van der Waals surface area (Å²) >= 11 is 17.9. The quantitative estimate of drug-likeness (QED) is 0.525. The number of aromatic nitrogens is 1. The fraction of sp³-hybridized carbons (Fsp3) is 0.421. The van der Waals surface area contributed by atoms with E-state index < -0.39 is 0 Å². The molecule has 0 unspecified atom stereocenters. The monoisotopic (exact) mass is 401 g/mol. The third kappa shape index (κ3) is 4.33. The molecule has 0 spiro atoms. The van der Waals surface area contributed by atoms with Gasteiger partial charge in [0, 0.05) is 6.42 Å². The van der Waals surface area contributed by atoms with Crippen molar-refractivity contribution in [1.29, 1.82) is 0 Å². The first-order valence-corrected chi connectivity index (χ1v) is 9.38. The van der Waals surface area contributed by atoms with E-state index in [1.54, 1.807) is 12.1 Å². The van der Waals surface area contributed by atoms with Crippen LogP contribution in [0, 0.1) is 0 Å². The van der Waals surface area contributed by atoms with Crippen molar-refractivity contribution >= 4 is 40.6 Å². The van der Waals surface area contributed by atoms with Gasteiger partial charge in [0.25, 0.3) is 0 Å². The van der Waals surface area contributed by atoms with Crippen LogP contribution in [-0.4, -0.2) is 15.9 Å². The predicted octanol–water partition coefficient (Wildman–Crippen LogP) is 6.74. The Kier molecular flexibility index (Phi) is 6.47. The van der Waals surface area contributed by atoms with Crippen molar-refractivity contribution in [1.82, 2.24) is 4.98 Å². The lowest BCUT2D eigenvalue weighted by molar-refractivity contribution is 0.0978. The number of aromatic hydroxyl groups is 1. The van der Waals surface area contributed by atoms with E-state index in [0.29, 0.717) is 6.42 Å². The second-order valence-corrected chi connectivity index (χ2v) is 7.91. The zero-order chi connectivity index (χ0) is 18.9. The number of nitrogens with one attached hydrogen (secondary N) is 1. The number of aromatic amines is 1. The summed E-state index contributed by atoms with van der Waals surface area (Å²) in [4.78, 5) is 15.3. The van der Waals surface area contributed by atoms with Crippen LogP contribution in [0.3, 0.4) is 0 Å². The molecule has 0 aliphatic rings. The molecule has 2 N–H and O–H groups in total. The molecule has 0 amide bonds. The molecule has 0 atom stereocenters. The molecule has 2 rings (SSSR count). The van der Waals surface area contributed by atoms with Gasteiger partial charge in [-0.05, 0) is 47.1 Å². The zero-order valence-corrected chi connectivity index (χ0v) is 17.0. The number of carbonyl (C=O) groups excluding carboxylic acids is 1. The Balaban J connectivity index is 2.33. The van der Waals surface area contributed by atoms with Gasteiger partial charge in [-0.25, -0.2) is 0 Å². The minimum Gasteiger partial charge on any atom is -0.508 e. The third-order valence-electron chi connectivity index (χ3n) is 4.27. The Morgan fingerprint density at radius 3 is 1.96 bits per heavy atom. The van der Waals surface area contributed by atoms with E-state index in [-0.39, 0.29) is 50.7 Å². The summed E-state index contributed by atoms with van der Waals surface area (Å²) in [6, 6.07) is 3.57. The number of H-pyrrole nitrogens is 1. The lowest BCUT2D eigenvalue weighted by Gasteiger charge is -2.20. The highest BCUT2D eigenvalue weighted by Crippen LogP contribution is 2.35. The highest BCUT2D eigenvalue weighted by molar-refractivity contribution is 6.49. The lowest BCUT2D eigenvalue weighted by Crippen LogP contribution is -2.08. The van der Waals surface area contributed by atoms with Gasteiger partial charge in [0.1, 0.15) is 16.6 Å². The summed E-state index contributed by atoms with van der Waals surface area (Å²) in [7, 11) is 0. The number of carbonyl (C=O) groups is 1. The topological polar surface area (TPSA) is 53.1 Å². The highest BCUT2D eigenvalue weighted by Gasteiger charge is 2.21. The first-order valence-electron chi connectivity index (χ1n) is 8.24. The Labute approximate surface area is 163 Å². The Morgan fingerprint density at radius 2 is 1.56 bits per heavy atom. The molecule has 0 fully saturated rings. The minimum atomic E-state index is -0.142. The summed E-state index contributed by atoms with van der Waals surface area (Å²) in [6.45, 7) is 8.30. The summed E-state index contributed by atoms with van der Waals surface area (Å²) < 4.78 is 0. The summed E-state index contributed by atoms with van der Waals surface area (Å²) in [5.41, 5.74) is 3.47. The SMILES string of the molecule is CC(C)c1cc(O)cc(C(C)C)c1CCC(=O)c1[nH]c(Cl)c(Cl)c1Cl.